The Hall–Kier alpha value is -2.08. The van der Waals surface area contributed by atoms with Gasteiger partial charge in [-0.3, -0.25) is 0 Å². The van der Waals surface area contributed by atoms with Gasteiger partial charge in [0.05, 0.1) is 13.3 Å². The van der Waals surface area contributed by atoms with Gasteiger partial charge in [-0.2, -0.15) is 4.98 Å². The van der Waals surface area contributed by atoms with Crippen LogP contribution in [0.1, 0.15) is 5.56 Å². The first-order valence-electron chi connectivity index (χ1n) is 5.20. The van der Waals surface area contributed by atoms with Gasteiger partial charge >= 0.3 is 0 Å². The summed E-state index contributed by atoms with van der Waals surface area (Å²) in [5.41, 5.74) is 6.46. The van der Waals surface area contributed by atoms with Crippen LogP contribution in [-0.2, 0) is 6.54 Å². The van der Waals surface area contributed by atoms with Crippen molar-refractivity contribution in [1.82, 2.24) is 15.0 Å². The molecular weight excluding hydrogens is 254 g/mol. The average Bonchev–Trinajstić information content (AvgIpc) is 2.40. The number of aromatic nitrogens is 3. The van der Waals surface area contributed by atoms with Crippen LogP contribution in [0.25, 0.3) is 0 Å². The van der Waals surface area contributed by atoms with Gasteiger partial charge in [-0.15, -0.1) is 0 Å². The second kappa shape index (κ2) is 5.50. The predicted molar refractivity (Wildman–Crippen MR) is 69.6 cm³/mol. The van der Waals surface area contributed by atoms with Crippen molar-refractivity contribution in [3.63, 3.8) is 0 Å². The van der Waals surface area contributed by atoms with Crippen LogP contribution in [0.5, 0.6) is 5.88 Å². The van der Waals surface area contributed by atoms with Crippen LogP contribution in [0.4, 0.5) is 11.8 Å². The number of hydrogen-bond acceptors (Lipinski definition) is 6. The smallest absolute Gasteiger partial charge is 0.222 e. The van der Waals surface area contributed by atoms with E-state index >= 15 is 0 Å². The Morgan fingerprint density at radius 1 is 1.33 bits per heavy atom. The normalized spacial score (nSPS) is 10.1. The van der Waals surface area contributed by atoms with Gasteiger partial charge in [0.1, 0.15) is 5.02 Å². The topological polar surface area (TPSA) is 86.0 Å². The van der Waals surface area contributed by atoms with Gasteiger partial charge in [-0.25, -0.2) is 9.97 Å². The van der Waals surface area contributed by atoms with Gasteiger partial charge in [0.2, 0.25) is 11.8 Å². The lowest BCUT2D eigenvalue weighted by Crippen LogP contribution is -2.05. The van der Waals surface area contributed by atoms with Gasteiger partial charge in [0, 0.05) is 18.8 Å². The molecule has 0 spiro atoms. The summed E-state index contributed by atoms with van der Waals surface area (Å²) in [6.07, 6.45) is 3.17. The highest BCUT2D eigenvalue weighted by atomic mass is 35.5. The number of nitrogens with zero attached hydrogens (tertiary/aromatic N) is 3. The fourth-order valence-corrected chi connectivity index (χ4v) is 1.48. The Bertz CT molecular complexity index is 531. The van der Waals surface area contributed by atoms with Crippen molar-refractivity contribution >= 4 is 23.4 Å². The number of hydrogen-bond donors (Lipinski definition) is 2. The Morgan fingerprint density at radius 2 is 2.17 bits per heavy atom. The van der Waals surface area contributed by atoms with Crippen molar-refractivity contribution in [3.8, 4) is 5.88 Å². The number of pyridine rings is 1. The van der Waals surface area contributed by atoms with E-state index in [1.807, 2.05) is 6.07 Å². The molecule has 2 rings (SSSR count). The molecule has 0 aliphatic heterocycles. The molecule has 0 aliphatic rings. The molecule has 0 saturated carbocycles. The number of anilines is 2. The van der Waals surface area contributed by atoms with Crippen LogP contribution < -0.4 is 15.8 Å². The third-order valence-corrected chi connectivity index (χ3v) is 2.51. The third kappa shape index (κ3) is 2.98. The maximum absolute atomic E-state index is 5.93. The number of rotatable bonds is 4. The van der Waals surface area contributed by atoms with E-state index in [2.05, 4.69) is 20.3 Å². The number of methoxy groups -OCH3 is 1. The first-order chi connectivity index (χ1) is 8.69. The number of ether oxygens (including phenoxy) is 1. The summed E-state index contributed by atoms with van der Waals surface area (Å²) in [7, 11) is 1.57. The van der Waals surface area contributed by atoms with Gasteiger partial charge in [-0.05, 0) is 5.56 Å². The Labute approximate surface area is 109 Å². The summed E-state index contributed by atoms with van der Waals surface area (Å²) < 4.78 is 4.98. The Morgan fingerprint density at radius 3 is 2.83 bits per heavy atom. The maximum Gasteiger partial charge on any atom is 0.222 e. The lowest BCUT2D eigenvalue weighted by atomic mass is 10.3. The third-order valence-electron chi connectivity index (χ3n) is 2.23. The van der Waals surface area contributed by atoms with Crippen LogP contribution >= 0.6 is 11.6 Å². The quantitative estimate of drug-likeness (QED) is 0.876. The molecule has 94 valence electrons. The molecular formula is C11H12ClN5O. The fourth-order valence-electron chi connectivity index (χ4n) is 1.33. The SMILES string of the molecule is COc1ccc(CNc2nc(N)ncc2Cl)cn1. The Kier molecular flexibility index (Phi) is 3.78. The van der Waals surface area contributed by atoms with Crippen molar-refractivity contribution in [3.05, 3.63) is 35.1 Å². The van der Waals surface area contributed by atoms with Crippen LogP contribution in [0, 0.1) is 0 Å². The molecule has 0 bridgehead atoms. The zero-order chi connectivity index (χ0) is 13.0. The molecule has 6 nitrogen and oxygen atoms in total. The number of halogens is 1. The van der Waals surface area contributed by atoms with Crippen molar-refractivity contribution in [2.45, 2.75) is 6.54 Å². The van der Waals surface area contributed by atoms with Crippen LogP contribution in [0.15, 0.2) is 24.5 Å². The van der Waals surface area contributed by atoms with Gasteiger partial charge < -0.3 is 15.8 Å². The minimum absolute atomic E-state index is 0.176. The van der Waals surface area contributed by atoms with E-state index in [0.29, 0.717) is 23.3 Å². The van der Waals surface area contributed by atoms with E-state index in [0.717, 1.165) is 5.56 Å². The molecule has 0 aromatic carbocycles. The van der Waals surface area contributed by atoms with Crippen LogP contribution in [0.3, 0.4) is 0 Å². The van der Waals surface area contributed by atoms with Crippen LogP contribution in [-0.4, -0.2) is 22.1 Å². The average molecular weight is 266 g/mol. The minimum atomic E-state index is 0.176. The molecule has 0 fully saturated rings. The van der Waals surface area contributed by atoms with Crippen molar-refractivity contribution in [2.75, 3.05) is 18.2 Å². The first-order valence-corrected chi connectivity index (χ1v) is 5.57. The molecule has 18 heavy (non-hydrogen) atoms. The molecule has 0 radical (unpaired) electrons. The van der Waals surface area contributed by atoms with E-state index in [4.69, 9.17) is 22.1 Å². The van der Waals surface area contributed by atoms with Crippen molar-refractivity contribution in [1.29, 1.82) is 0 Å². The summed E-state index contributed by atoms with van der Waals surface area (Å²) >= 11 is 5.93. The number of nitrogen functional groups attached to an aromatic ring is 1. The highest BCUT2D eigenvalue weighted by molar-refractivity contribution is 6.32. The molecule has 0 atom stereocenters. The summed E-state index contributed by atoms with van der Waals surface area (Å²) in [6, 6.07) is 3.68. The highest BCUT2D eigenvalue weighted by Gasteiger charge is 2.03. The van der Waals surface area contributed by atoms with E-state index < -0.39 is 0 Å². The molecule has 2 heterocycles. The number of nitrogens with two attached hydrogens (primary N) is 1. The molecule has 2 aromatic rings. The molecule has 3 N–H and O–H groups in total. The highest BCUT2D eigenvalue weighted by Crippen LogP contribution is 2.19. The zero-order valence-electron chi connectivity index (χ0n) is 9.72. The summed E-state index contributed by atoms with van der Waals surface area (Å²) in [5.74, 6) is 1.25. The van der Waals surface area contributed by atoms with Gasteiger partial charge in [-0.1, -0.05) is 17.7 Å². The predicted octanol–water partition coefficient (Wildman–Crippen LogP) is 1.73. The molecule has 0 unspecified atom stereocenters. The van der Waals surface area contributed by atoms with Gasteiger partial charge in [0.15, 0.2) is 5.82 Å². The lowest BCUT2D eigenvalue weighted by molar-refractivity contribution is 0.397. The first kappa shape index (κ1) is 12.4. The molecule has 7 heteroatoms. The molecule has 0 amide bonds. The van der Waals surface area contributed by atoms with Gasteiger partial charge in [0.25, 0.3) is 0 Å². The van der Waals surface area contributed by atoms with E-state index in [9.17, 15) is 0 Å². The molecule has 0 saturated heterocycles. The fraction of sp³-hybridized carbons (Fsp3) is 0.182. The van der Waals surface area contributed by atoms with Crippen molar-refractivity contribution in [2.24, 2.45) is 0 Å². The largest absolute Gasteiger partial charge is 0.481 e. The Balaban J connectivity index is 2.04. The minimum Gasteiger partial charge on any atom is -0.481 e. The summed E-state index contributed by atoms with van der Waals surface area (Å²) in [6.45, 7) is 0.535. The lowest BCUT2D eigenvalue weighted by Gasteiger charge is -2.07. The molecule has 0 aliphatic carbocycles. The zero-order valence-corrected chi connectivity index (χ0v) is 10.5. The van der Waals surface area contributed by atoms with E-state index in [1.54, 1.807) is 19.4 Å². The van der Waals surface area contributed by atoms with E-state index in [1.165, 1.54) is 6.20 Å². The standard InChI is InChI=1S/C11H12ClN5O/c1-18-9-3-2-7(4-14-9)5-15-10-8(12)6-16-11(13)17-10/h2-4,6H,5H2,1H3,(H3,13,15,16,17). The maximum atomic E-state index is 5.93. The molecule has 2 aromatic heterocycles. The number of nitrogens with one attached hydrogen (secondary N) is 1. The van der Waals surface area contributed by atoms with Crippen LogP contribution in [0.2, 0.25) is 5.02 Å². The summed E-state index contributed by atoms with van der Waals surface area (Å²) in [5, 5.41) is 3.49. The van der Waals surface area contributed by atoms with Crippen molar-refractivity contribution < 1.29 is 4.74 Å². The second-order valence-corrected chi connectivity index (χ2v) is 3.89. The summed E-state index contributed by atoms with van der Waals surface area (Å²) in [4.78, 5) is 11.9. The van der Waals surface area contributed by atoms with E-state index in [-0.39, 0.29) is 5.95 Å². The second-order valence-electron chi connectivity index (χ2n) is 3.49. The monoisotopic (exact) mass is 265 g/mol.